The van der Waals surface area contributed by atoms with Crippen LogP contribution in [0.3, 0.4) is 0 Å². The highest BCUT2D eigenvalue weighted by Crippen LogP contribution is 2.22. The van der Waals surface area contributed by atoms with Crippen molar-refractivity contribution in [1.29, 1.82) is 0 Å². The second kappa shape index (κ2) is 5.10. The summed E-state index contributed by atoms with van der Waals surface area (Å²) in [5.41, 5.74) is 0.672. The molecule has 1 aromatic carbocycles. The molecular weight excluding hydrogens is 240 g/mol. The van der Waals surface area contributed by atoms with E-state index < -0.39 is 0 Å². The Hall–Kier alpha value is -2.36. The van der Waals surface area contributed by atoms with Gasteiger partial charge in [0.15, 0.2) is 0 Å². The van der Waals surface area contributed by atoms with E-state index in [9.17, 15) is 4.79 Å². The fourth-order valence-corrected chi connectivity index (χ4v) is 1.94. The Morgan fingerprint density at radius 3 is 2.58 bits per heavy atom. The van der Waals surface area contributed by atoms with E-state index in [0.717, 1.165) is 19.5 Å². The van der Waals surface area contributed by atoms with Gasteiger partial charge in [0.05, 0.1) is 0 Å². The third-order valence-corrected chi connectivity index (χ3v) is 3.11. The molecule has 2 heterocycles. The summed E-state index contributed by atoms with van der Waals surface area (Å²) in [5, 5.41) is 0. The van der Waals surface area contributed by atoms with Crippen molar-refractivity contribution in [2.45, 2.75) is 6.42 Å². The minimum absolute atomic E-state index is 0.0754. The number of rotatable bonds is 3. The molecule has 0 saturated carbocycles. The highest BCUT2D eigenvalue weighted by molar-refractivity contribution is 5.95. The van der Waals surface area contributed by atoms with Crippen LogP contribution in [0.5, 0.6) is 11.5 Å². The Kier molecular flexibility index (Phi) is 3.14. The van der Waals surface area contributed by atoms with Gasteiger partial charge in [-0.3, -0.25) is 9.78 Å². The van der Waals surface area contributed by atoms with E-state index in [4.69, 9.17) is 4.74 Å². The zero-order valence-corrected chi connectivity index (χ0v) is 10.5. The maximum atomic E-state index is 12.1. The Morgan fingerprint density at radius 1 is 1.11 bits per heavy atom. The number of pyridine rings is 1. The summed E-state index contributed by atoms with van der Waals surface area (Å²) in [5.74, 6) is 1.45. The number of aromatic nitrogens is 1. The topological polar surface area (TPSA) is 42.4 Å². The molecule has 1 aliphatic heterocycles. The van der Waals surface area contributed by atoms with Crippen LogP contribution < -0.4 is 4.74 Å². The van der Waals surface area contributed by atoms with E-state index in [0.29, 0.717) is 17.1 Å². The van der Waals surface area contributed by atoms with E-state index in [1.165, 1.54) is 0 Å². The molecule has 0 bridgehead atoms. The van der Waals surface area contributed by atoms with Gasteiger partial charge in [0.25, 0.3) is 5.91 Å². The first-order valence-corrected chi connectivity index (χ1v) is 6.30. The average Bonchev–Trinajstić information content (AvgIpc) is 2.38. The Morgan fingerprint density at radius 2 is 1.89 bits per heavy atom. The molecule has 1 fully saturated rings. The molecule has 4 heteroatoms. The van der Waals surface area contributed by atoms with Crippen LogP contribution in [0.25, 0.3) is 0 Å². The summed E-state index contributed by atoms with van der Waals surface area (Å²) >= 11 is 0. The van der Waals surface area contributed by atoms with E-state index in [1.54, 1.807) is 30.6 Å². The number of amides is 1. The van der Waals surface area contributed by atoms with E-state index in [2.05, 4.69) is 4.98 Å². The molecule has 2 aromatic rings. The number of benzene rings is 1. The van der Waals surface area contributed by atoms with Gasteiger partial charge in [-0.15, -0.1) is 0 Å². The first kappa shape index (κ1) is 11.7. The molecule has 0 aliphatic carbocycles. The molecule has 0 radical (unpaired) electrons. The minimum atomic E-state index is 0.0754. The third-order valence-electron chi connectivity index (χ3n) is 3.11. The van der Waals surface area contributed by atoms with Crippen molar-refractivity contribution in [3.63, 3.8) is 0 Å². The van der Waals surface area contributed by atoms with Gasteiger partial charge in [-0.05, 0) is 36.8 Å². The van der Waals surface area contributed by atoms with Crippen molar-refractivity contribution in [2.24, 2.45) is 0 Å². The lowest BCUT2D eigenvalue weighted by molar-refractivity contribution is 0.0651. The minimum Gasteiger partial charge on any atom is -0.457 e. The predicted molar refractivity (Wildman–Crippen MR) is 71.3 cm³/mol. The number of nitrogens with zero attached hydrogens (tertiary/aromatic N) is 2. The second-order valence-corrected chi connectivity index (χ2v) is 4.46. The summed E-state index contributed by atoms with van der Waals surface area (Å²) < 4.78 is 5.69. The van der Waals surface area contributed by atoms with E-state index in [1.807, 2.05) is 23.1 Å². The number of carbonyl (C=O) groups excluding carboxylic acids is 1. The molecule has 19 heavy (non-hydrogen) atoms. The summed E-state index contributed by atoms with van der Waals surface area (Å²) in [6, 6.07) is 10.8. The van der Waals surface area contributed by atoms with Crippen LogP contribution in [0, 0.1) is 0 Å². The van der Waals surface area contributed by atoms with Gasteiger partial charge in [0.1, 0.15) is 11.5 Å². The SMILES string of the molecule is O=C(c1cccc(Oc2ccncc2)c1)N1CCC1. The molecule has 3 rings (SSSR count). The number of hydrogen-bond acceptors (Lipinski definition) is 3. The quantitative estimate of drug-likeness (QED) is 0.845. The van der Waals surface area contributed by atoms with Crippen molar-refractivity contribution < 1.29 is 9.53 Å². The fraction of sp³-hybridized carbons (Fsp3) is 0.200. The van der Waals surface area contributed by atoms with Crippen LogP contribution >= 0.6 is 0 Å². The van der Waals surface area contributed by atoms with Gasteiger partial charge < -0.3 is 9.64 Å². The van der Waals surface area contributed by atoms with Crippen molar-refractivity contribution in [3.8, 4) is 11.5 Å². The zero-order chi connectivity index (χ0) is 13.1. The summed E-state index contributed by atoms with van der Waals surface area (Å²) in [6.07, 6.45) is 4.44. The van der Waals surface area contributed by atoms with E-state index >= 15 is 0 Å². The second-order valence-electron chi connectivity index (χ2n) is 4.46. The Bertz CT molecular complexity index is 580. The van der Waals surface area contributed by atoms with Gasteiger partial charge in [-0.25, -0.2) is 0 Å². The van der Waals surface area contributed by atoms with Crippen LogP contribution in [0.4, 0.5) is 0 Å². The molecule has 1 amide bonds. The lowest BCUT2D eigenvalue weighted by atomic mass is 10.1. The Balaban J connectivity index is 1.78. The zero-order valence-electron chi connectivity index (χ0n) is 10.5. The molecule has 0 atom stereocenters. The van der Waals surface area contributed by atoms with Crippen LogP contribution in [0.1, 0.15) is 16.8 Å². The van der Waals surface area contributed by atoms with Gasteiger partial charge in [-0.1, -0.05) is 6.07 Å². The number of likely N-dealkylation sites (tertiary alicyclic amines) is 1. The standard InChI is InChI=1S/C15H14N2O2/c18-15(17-9-2-10-17)12-3-1-4-14(11-12)19-13-5-7-16-8-6-13/h1,3-8,11H,2,9-10H2. The maximum Gasteiger partial charge on any atom is 0.253 e. The number of hydrogen-bond donors (Lipinski definition) is 0. The van der Waals surface area contributed by atoms with Gasteiger partial charge in [0, 0.05) is 31.0 Å². The molecule has 0 unspecified atom stereocenters. The van der Waals surface area contributed by atoms with Crippen molar-refractivity contribution >= 4 is 5.91 Å². The van der Waals surface area contributed by atoms with Crippen LogP contribution in [-0.2, 0) is 0 Å². The van der Waals surface area contributed by atoms with Gasteiger partial charge >= 0.3 is 0 Å². The molecule has 1 aliphatic rings. The van der Waals surface area contributed by atoms with E-state index in [-0.39, 0.29) is 5.91 Å². The Labute approximate surface area is 111 Å². The fourth-order valence-electron chi connectivity index (χ4n) is 1.94. The average molecular weight is 254 g/mol. The molecule has 0 spiro atoms. The van der Waals surface area contributed by atoms with Gasteiger partial charge in [0.2, 0.25) is 0 Å². The molecule has 1 aromatic heterocycles. The monoisotopic (exact) mass is 254 g/mol. The molecule has 96 valence electrons. The summed E-state index contributed by atoms with van der Waals surface area (Å²) in [6.45, 7) is 1.71. The van der Waals surface area contributed by atoms with Crippen LogP contribution in [-0.4, -0.2) is 28.9 Å². The number of carbonyl (C=O) groups is 1. The first-order valence-electron chi connectivity index (χ1n) is 6.30. The summed E-state index contributed by atoms with van der Waals surface area (Å²) in [7, 11) is 0. The number of ether oxygens (including phenoxy) is 1. The predicted octanol–water partition coefficient (Wildman–Crippen LogP) is 2.72. The molecule has 4 nitrogen and oxygen atoms in total. The largest absolute Gasteiger partial charge is 0.457 e. The van der Waals surface area contributed by atoms with Crippen molar-refractivity contribution in [3.05, 3.63) is 54.4 Å². The lowest BCUT2D eigenvalue weighted by Gasteiger charge is -2.30. The summed E-state index contributed by atoms with van der Waals surface area (Å²) in [4.78, 5) is 17.9. The van der Waals surface area contributed by atoms with Gasteiger partial charge in [-0.2, -0.15) is 0 Å². The van der Waals surface area contributed by atoms with Crippen LogP contribution in [0.15, 0.2) is 48.8 Å². The first-order chi connectivity index (χ1) is 9.33. The third kappa shape index (κ3) is 2.57. The van der Waals surface area contributed by atoms with Crippen molar-refractivity contribution in [1.82, 2.24) is 9.88 Å². The smallest absolute Gasteiger partial charge is 0.253 e. The van der Waals surface area contributed by atoms with Crippen molar-refractivity contribution in [2.75, 3.05) is 13.1 Å². The van der Waals surface area contributed by atoms with Crippen LogP contribution in [0.2, 0.25) is 0 Å². The normalized spacial score (nSPS) is 13.8. The molecular formula is C15H14N2O2. The molecule has 0 N–H and O–H groups in total. The highest BCUT2D eigenvalue weighted by Gasteiger charge is 2.21. The molecule has 1 saturated heterocycles. The highest BCUT2D eigenvalue weighted by atomic mass is 16.5. The lowest BCUT2D eigenvalue weighted by Crippen LogP contribution is -2.41. The maximum absolute atomic E-state index is 12.1.